The van der Waals surface area contributed by atoms with E-state index < -0.39 is 0 Å². The van der Waals surface area contributed by atoms with Gasteiger partial charge in [0.1, 0.15) is 0 Å². The van der Waals surface area contributed by atoms with E-state index >= 15 is 0 Å². The first-order valence-electron chi connectivity index (χ1n) is 1.18. The molecule has 0 saturated heterocycles. The summed E-state index contributed by atoms with van der Waals surface area (Å²) < 4.78 is 0. The van der Waals surface area contributed by atoms with Crippen molar-refractivity contribution in [3.63, 3.8) is 0 Å². The SMILES string of the molecule is [CH-]=O.[CH-]=O.[CH-]=O.[CH-]=O.[CH-]=S.[Fe+5]. The average Bonchev–Trinajstić information content (AvgIpc) is 2.20. The molecule has 0 saturated carbocycles. The molecular formula is C5H5FeO4S. The zero-order valence-corrected chi connectivity index (χ0v) is 7.20. The maximum Gasteiger partial charge on any atom is 5.00 e. The number of rotatable bonds is 0. The van der Waals surface area contributed by atoms with Crippen molar-refractivity contribution in [2.24, 2.45) is 0 Å². The zero-order valence-electron chi connectivity index (χ0n) is 5.28. The van der Waals surface area contributed by atoms with E-state index in [1.54, 1.807) is 0 Å². The van der Waals surface area contributed by atoms with E-state index in [2.05, 4.69) is 45.2 Å². The molecule has 11 heavy (non-hydrogen) atoms. The maximum absolute atomic E-state index is 7.75. The van der Waals surface area contributed by atoms with Crippen molar-refractivity contribution >= 4 is 45.2 Å². The Morgan fingerprint density at radius 2 is 0.545 bits per heavy atom. The summed E-state index contributed by atoms with van der Waals surface area (Å²) in [4.78, 5) is 31.0. The molecule has 0 aromatic heterocycles. The Morgan fingerprint density at radius 3 is 0.545 bits per heavy atom. The van der Waals surface area contributed by atoms with Crippen LogP contribution < -0.4 is 0 Å². The van der Waals surface area contributed by atoms with Crippen LogP contribution in [0.3, 0.4) is 0 Å². The fraction of sp³-hybridized carbons (Fsp3) is 0. The van der Waals surface area contributed by atoms with Gasteiger partial charge in [-0.3, -0.25) is 27.2 Å². The number of thiocarbonyl (C=S) groups is 1. The summed E-state index contributed by atoms with van der Waals surface area (Å²) >= 11 is 3.58. The fourth-order valence-electron chi connectivity index (χ4n) is 0. The normalized spacial score (nSPS) is 1.82. The van der Waals surface area contributed by atoms with Gasteiger partial charge in [0, 0.05) is 0 Å². The molecule has 63 valence electrons. The molecule has 0 aliphatic heterocycles. The van der Waals surface area contributed by atoms with E-state index in [-0.39, 0.29) is 17.1 Å². The molecule has 0 aliphatic carbocycles. The Bertz CT molecular complexity index is 30.1. The van der Waals surface area contributed by atoms with Gasteiger partial charge >= 0.3 is 17.1 Å². The minimum absolute atomic E-state index is 0. The summed E-state index contributed by atoms with van der Waals surface area (Å²) in [6.07, 6.45) is 0. The van der Waals surface area contributed by atoms with Crippen molar-refractivity contribution in [1.29, 1.82) is 0 Å². The van der Waals surface area contributed by atoms with Crippen molar-refractivity contribution in [3.05, 3.63) is 0 Å². The van der Waals surface area contributed by atoms with Gasteiger partial charge in [0.15, 0.2) is 0 Å². The minimum atomic E-state index is 0. The first kappa shape index (κ1) is 48.3. The van der Waals surface area contributed by atoms with E-state index in [0.717, 1.165) is 0 Å². The zero-order chi connectivity index (χ0) is 10.0. The summed E-state index contributed by atoms with van der Waals surface area (Å²) in [7, 11) is 0. The molecule has 4 nitrogen and oxygen atoms in total. The summed E-state index contributed by atoms with van der Waals surface area (Å²) in [6.45, 7) is 13.0. The van der Waals surface area contributed by atoms with Crippen molar-refractivity contribution in [2.75, 3.05) is 0 Å². The quantitative estimate of drug-likeness (QED) is 0.234. The van der Waals surface area contributed by atoms with Crippen LogP contribution in [0.4, 0.5) is 0 Å². The second-order valence-electron chi connectivity index (χ2n) is 0. The third kappa shape index (κ3) is 978. The molecule has 6 heteroatoms. The van der Waals surface area contributed by atoms with E-state index in [9.17, 15) is 0 Å². The van der Waals surface area contributed by atoms with Crippen LogP contribution in [0.2, 0.25) is 0 Å². The van der Waals surface area contributed by atoms with Gasteiger partial charge in [-0.05, 0) is 0 Å². The Balaban J connectivity index is -0.00000000694. The van der Waals surface area contributed by atoms with Gasteiger partial charge < -0.3 is 37.3 Å². The number of hydrogen-bond acceptors (Lipinski definition) is 5. The van der Waals surface area contributed by atoms with E-state index in [1.807, 2.05) is 0 Å². The Labute approximate surface area is 81.8 Å². The second kappa shape index (κ2) is 1260. The first-order chi connectivity index (χ1) is 5.00. The molecular weight excluding hydrogens is 212 g/mol. The second-order valence-corrected chi connectivity index (χ2v) is 0. The fourth-order valence-corrected chi connectivity index (χ4v) is 0. The van der Waals surface area contributed by atoms with Crippen molar-refractivity contribution in [2.45, 2.75) is 0 Å². The van der Waals surface area contributed by atoms with Gasteiger partial charge in [0.25, 0.3) is 0 Å². The smallest absolute Gasteiger partial charge is 0.545 e. The molecule has 0 unspecified atom stereocenters. The van der Waals surface area contributed by atoms with Crippen molar-refractivity contribution in [1.82, 2.24) is 0 Å². The van der Waals surface area contributed by atoms with Crippen LogP contribution in [0.1, 0.15) is 0 Å². The Hall–Kier alpha value is -0.711. The predicted molar refractivity (Wildman–Crippen MR) is 40.7 cm³/mol. The number of carbonyl (C=O) groups excluding carboxylic acids is 4. The molecule has 0 aliphatic rings. The van der Waals surface area contributed by atoms with Gasteiger partial charge in [0.2, 0.25) is 0 Å². The largest absolute Gasteiger partial charge is 5.00 e. The molecule has 0 spiro atoms. The van der Waals surface area contributed by atoms with Crippen LogP contribution in [0, 0.1) is 0 Å². The summed E-state index contributed by atoms with van der Waals surface area (Å²) in [6, 6.07) is 0. The summed E-state index contributed by atoms with van der Waals surface area (Å²) in [5.74, 6) is 4.08. The van der Waals surface area contributed by atoms with E-state index in [1.165, 1.54) is 0 Å². The molecule has 0 bridgehead atoms. The first-order valence-corrected chi connectivity index (χ1v) is 1.65. The molecule has 0 aromatic rings. The van der Waals surface area contributed by atoms with Gasteiger partial charge in [-0.1, -0.05) is 0 Å². The molecule has 0 fully saturated rings. The standard InChI is InChI=1S/4CHO.CHS.Fe/c5*1-2;/h5*1H;/q5*-1;+5. The van der Waals surface area contributed by atoms with Crippen LogP contribution in [-0.2, 0) is 36.2 Å². The monoisotopic (exact) mass is 217 g/mol. The van der Waals surface area contributed by atoms with Gasteiger partial charge in [0.05, 0.1) is 0 Å². The molecule has 0 aromatic carbocycles. The van der Waals surface area contributed by atoms with Crippen molar-refractivity contribution < 1.29 is 36.2 Å². The van der Waals surface area contributed by atoms with E-state index in [4.69, 9.17) is 19.2 Å². The van der Waals surface area contributed by atoms with Crippen LogP contribution >= 0.6 is 12.2 Å². The average molecular weight is 217 g/mol. The third-order valence-corrected chi connectivity index (χ3v) is 0. The molecule has 0 atom stereocenters. The molecule has 0 amide bonds. The molecule has 0 N–H and O–H groups in total. The molecule has 1 radical (unpaired) electrons. The van der Waals surface area contributed by atoms with Crippen molar-refractivity contribution in [3.8, 4) is 0 Å². The molecule has 0 rings (SSSR count). The Morgan fingerprint density at radius 1 is 0.545 bits per heavy atom. The van der Waals surface area contributed by atoms with E-state index in [0.29, 0.717) is 0 Å². The molecule has 0 heterocycles. The van der Waals surface area contributed by atoms with Gasteiger partial charge in [-0.2, -0.15) is 0 Å². The topological polar surface area (TPSA) is 68.3 Å². The van der Waals surface area contributed by atoms with Crippen LogP contribution in [0.25, 0.3) is 0 Å². The summed E-state index contributed by atoms with van der Waals surface area (Å²) in [5, 5.41) is 0. The number of hydrogen-bond donors (Lipinski definition) is 0. The third-order valence-electron chi connectivity index (χ3n) is 0. The Kier molecular flexibility index (Phi) is 5550. The van der Waals surface area contributed by atoms with Gasteiger partial charge in [-0.15, -0.1) is 0 Å². The minimum Gasteiger partial charge on any atom is -0.545 e. The van der Waals surface area contributed by atoms with Crippen LogP contribution in [-0.4, -0.2) is 33.0 Å². The summed E-state index contributed by atoms with van der Waals surface area (Å²) in [5.41, 5.74) is 0. The van der Waals surface area contributed by atoms with Gasteiger partial charge in [-0.25, -0.2) is 0 Å². The maximum atomic E-state index is 7.75. The predicted octanol–water partition coefficient (Wildman–Crippen LogP) is -0.606. The van der Waals surface area contributed by atoms with Crippen LogP contribution in [0.5, 0.6) is 0 Å². The van der Waals surface area contributed by atoms with Crippen LogP contribution in [0.15, 0.2) is 0 Å².